The van der Waals surface area contributed by atoms with E-state index in [9.17, 15) is 4.79 Å². The van der Waals surface area contributed by atoms with Gasteiger partial charge in [0.15, 0.2) is 5.78 Å². The number of ether oxygens (including phenoxy) is 2. The monoisotopic (exact) mass is 326 g/mol. The van der Waals surface area contributed by atoms with E-state index in [0.717, 1.165) is 32.5 Å². The molecule has 0 saturated heterocycles. The van der Waals surface area contributed by atoms with Crippen LogP contribution in [0.15, 0.2) is 54.6 Å². The average molecular weight is 326 g/mol. The molecule has 24 heavy (non-hydrogen) atoms. The van der Waals surface area contributed by atoms with Crippen LogP contribution < -0.4 is 4.74 Å². The highest BCUT2D eigenvalue weighted by Gasteiger charge is 2.12. The van der Waals surface area contributed by atoms with Crippen molar-refractivity contribution in [2.24, 2.45) is 0 Å². The summed E-state index contributed by atoms with van der Waals surface area (Å²) in [6.07, 6.45) is 3.14. The van der Waals surface area contributed by atoms with Crippen molar-refractivity contribution in [2.75, 3.05) is 19.8 Å². The van der Waals surface area contributed by atoms with Crippen LogP contribution in [-0.2, 0) is 11.2 Å². The molecule has 0 N–H and O–H groups in total. The molecule has 0 aliphatic heterocycles. The molecular weight excluding hydrogens is 300 g/mol. The predicted molar refractivity (Wildman–Crippen MR) is 96.8 cm³/mol. The number of hydrogen-bond acceptors (Lipinski definition) is 3. The van der Waals surface area contributed by atoms with Gasteiger partial charge in [-0.3, -0.25) is 4.79 Å². The molecule has 3 heteroatoms. The van der Waals surface area contributed by atoms with Crippen LogP contribution >= 0.6 is 0 Å². The second-order valence-corrected chi connectivity index (χ2v) is 5.66. The lowest BCUT2D eigenvalue weighted by Gasteiger charge is -2.11. The molecule has 2 rings (SSSR count). The molecule has 0 bridgehead atoms. The largest absolute Gasteiger partial charge is 0.493 e. The molecule has 0 aliphatic carbocycles. The van der Waals surface area contributed by atoms with Crippen LogP contribution in [0, 0.1) is 0 Å². The van der Waals surface area contributed by atoms with Crippen molar-refractivity contribution in [1.29, 1.82) is 0 Å². The maximum Gasteiger partial charge on any atom is 0.166 e. The minimum atomic E-state index is 0.128. The molecule has 0 atom stereocenters. The van der Waals surface area contributed by atoms with Crippen LogP contribution in [0.4, 0.5) is 0 Å². The highest BCUT2D eigenvalue weighted by atomic mass is 16.5. The number of para-hydroxylation sites is 1. The van der Waals surface area contributed by atoms with E-state index in [2.05, 4.69) is 0 Å². The Kier molecular flexibility index (Phi) is 8.05. The highest BCUT2D eigenvalue weighted by Crippen LogP contribution is 2.21. The maximum atomic E-state index is 12.5. The smallest absolute Gasteiger partial charge is 0.166 e. The lowest BCUT2D eigenvalue weighted by Crippen LogP contribution is -2.07. The van der Waals surface area contributed by atoms with Gasteiger partial charge in [0.05, 0.1) is 12.2 Å². The zero-order chi connectivity index (χ0) is 17.0. The summed E-state index contributed by atoms with van der Waals surface area (Å²) in [5, 5.41) is 0. The summed E-state index contributed by atoms with van der Waals surface area (Å²) < 4.78 is 11.1. The van der Waals surface area contributed by atoms with Gasteiger partial charge in [-0.25, -0.2) is 0 Å². The average Bonchev–Trinajstić information content (AvgIpc) is 2.64. The Morgan fingerprint density at radius 3 is 2.42 bits per heavy atom. The first-order valence-electron chi connectivity index (χ1n) is 8.68. The van der Waals surface area contributed by atoms with Crippen molar-refractivity contribution in [2.45, 2.75) is 32.6 Å². The molecule has 0 heterocycles. The number of carbonyl (C=O) groups is 1. The summed E-state index contributed by atoms with van der Waals surface area (Å²) in [5.74, 6) is 0.816. The maximum absolute atomic E-state index is 12.5. The Morgan fingerprint density at radius 1 is 0.917 bits per heavy atom. The lowest BCUT2D eigenvalue weighted by molar-refractivity contribution is 0.0978. The number of carbonyl (C=O) groups excluding carboxylic acids is 1. The standard InChI is InChI=1S/C21H26O3/c1-2-23-16-8-9-17-24-21-13-7-6-12-19(21)20(22)15-14-18-10-4-3-5-11-18/h3-7,10-13H,2,8-9,14-17H2,1H3. The minimum absolute atomic E-state index is 0.128. The summed E-state index contributed by atoms with van der Waals surface area (Å²) in [4.78, 5) is 12.5. The Hall–Kier alpha value is -2.13. The highest BCUT2D eigenvalue weighted by molar-refractivity contribution is 5.98. The number of aryl methyl sites for hydroxylation is 1. The van der Waals surface area contributed by atoms with Crippen LogP contribution in [0.25, 0.3) is 0 Å². The third kappa shape index (κ3) is 6.17. The van der Waals surface area contributed by atoms with Gasteiger partial charge < -0.3 is 9.47 Å². The first-order chi connectivity index (χ1) is 11.8. The fourth-order valence-electron chi connectivity index (χ4n) is 2.49. The van der Waals surface area contributed by atoms with Crippen molar-refractivity contribution in [3.05, 3.63) is 65.7 Å². The minimum Gasteiger partial charge on any atom is -0.493 e. The number of benzene rings is 2. The summed E-state index contributed by atoms with van der Waals surface area (Å²) in [5.41, 5.74) is 1.86. The molecule has 0 fully saturated rings. The third-order valence-electron chi connectivity index (χ3n) is 3.82. The Bertz CT molecular complexity index is 607. The molecule has 0 amide bonds. The van der Waals surface area contributed by atoms with Gasteiger partial charge in [-0.15, -0.1) is 0 Å². The number of unbranched alkanes of at least 4 members (excludes halogenated alkanes) is 1. The molecule has 3 nitrogen and oxygen atoms in total. The molecule has 0 saturated carbocycles. The Morgan fingerprint density at radius 2 is 1.62 bits per heavy atom. The molecule has 128 valence electrons. The van der Waals surface area contributed by atoms with Gasteiger partial charge in [0.1, 0.15) is 5.75 Å². The van der Waals surface area contributed by atoms with E-state index in [1.54, 1.807) is 0 Å². The first-order valence-corrected chi connectivity index (χ1v) is 8.68. The van der Waals surface area contributed by atoms with Crippen LogP contribution in [0.2, 0.25) is 0 Å². The number of Topliss-reactive ketones (excluding diaryl/α,β-unsaturated/α-hetero) is 1. The normalized spacial score (nSPS) is 10.5. The van der Waals surface area contributed by atoms with Crippen molar-refractivity contribution in [1.82, 2.24) is 0 Å². The van der Waals surface area contributed by atoms with E-state index < -0.39 is 0 Å². The van der Waals surface area contributed by atoms with E-state index in [-0.39, 0.29) is 5.78 Å². The van der Waals surface area contributed by atoms with E-state index >= 15 is 0 Å². The van der Waals surface area contributed by atoms with Gasteiger partial charge in [-0.1, -0.05) is 42.5 Å². The fourth-order valence-corrected chi connectivity index (χ4v) is 2.49. The zero-order valence-electron chi connectivity index (χ0n) is 14.4. The zero-order valence-corrected chi connectivity index (χ0v) is 14.4. The van der Waals surface area contributed by atoms with E-state index in [0.29, 0.717) is 24.3 Å². The quantitative estimate of drug-likeness (QED) is 0.443. The number of hydrogen-bond donors (Lipinski definition) is 0. The van der Waals surface area contributed by atoms with Crippen molar-refractivity contribution in [3.63, 3.8) is 0 Å². The molecule has 0 spiro atoms. The van der Waals surface area contributed by atoms with Crippen molar-refractivity contribution < 1.29 is 14.3 Å². The molecular formula is C21H26O3. The second-order valence-electron chi connectivity index (χ2n) is 5.66. The van der Waals surface area contributed by atoms with Crippen LogP contribution in [0.1, 0.15) is 42.1 Å². The number of rotatable bonds is 11. The van der Waals surface area contributed by atoms with Gasteiger partial charge in [0, 0.05) is 19.6 Å². The summed E-state index contributed by atoms with van der Waals surface area (Å²) in [6, 6.07) is 17.6. The third-order valence-corrected chi connectivity index (χ3v) is 3.82. The van der Waals surface area contributed by atoms with Gasteiger partial charge in [0.2, 0.25) is 0 Å². The summed E-state index contributed by atoms with van der Waals surface area (Å²) >= 11 is 0. The number of ketones is 1. The molecule has 0 aromatic heterocycles. The van der Waals surface area contributed by atoms with Crippen LogP contribution in [0.5, 0.6) is 5.75 Å². The van der Waals surface area contributed by atoms with Gasteiger partial charge >= 0.3 is 0 Å². The summed E-state index contributed by atoms with van der Waals surface area (Å²) in [6.45, 7) is 4.11. The summed E-state index contributed by atoms with van der Waals surface area (Å²) in [7, 11) is 0. The van der Waals surface area contributed by atoms with Gasteiger partial charge in [0.25, 0.3) is 0 Å². The van der Waals surface area contributed by atoms with E-state index in [1.165, 1.54) is 5.56 Å². The predicted octanol–water partition coefficient (Wildman–Crippen LogP) is 4.70. The van der Waals surface area contributed by atoms with Crippen molar-refractivity contribution in [3.8, 4) is 5.75 Å². The molecule has 0 aliphatic rings. The van der Waals surface area contributed by atoms with Gasteiger partial charge in [-0.2, -0.15) is 0 Å². The molecule has 0 unspecified atom stereocenters. The van der Waals surface area contributed by atoms with E-state index in [1.807, 2.05) is 61.5 Å². The molecule has 0 radical (unpaired) electrons. The van der Waals surface area contributed by atoms with Crippen LogP contribution in [-0.4, -0.2) is 25.6 Å². The topological polar surface area (TPSA) is 35.5 Å². The Labute approximate surface area is 144 Å². The SMILES string of the molecule is CCOCCCCOc1ccccc1C(=O)CCc1ccccc1. The van der Waals surface area contributed by atoms with Crippen molar-refractivity contribution >= 4 is 5.78 Å². The molecule has 2 aromatic carbocycles. The van der Waals surface area contributed by atoms with E-state index in [4.69, 9.17) is 9.47 Å². The fraction of sp³-hybridized carbons (Fsp3) is 0.381. The second kappa shape index (κ2) is 10.6. The Balaban J connectivity index is 1.84. The van der Waals surface area contributed by atoms with Crippen LogP contribution in [0.3, 0.4) is 0 Å². The molecule has 2 aromatic rings. The van der Waals surface area contributed by atoms with Gasteiger partial charge in [-0.05, 0) is 43.9 Å². The first kappa shape index (κ1) is 18.2. The lowest BCUT2D eigenvalue weighted by atomic mass is 10.0.